The lowest BCUT2D eigenvalue weighted by Gasteiger charge is -2.24. The van der Waals surface area contributed by atoms with Crippen molar-refractivity contribution in [3.05, 3.63) is 36.2 Å². The summed E-state index contributed by atoms with van der Waals surface area (Å²) in [5.41, 5.74) is 3.28. The summed E-state index contributed by atoms with van der Waals surface area (Å²) in [6.45, 7) is 10.5. The first-order valence-corrected chi connectivity index (χ1v) is 7.13. The van der Waals surface area contributed by atoms with E-state index in [0.29, 0.717) is 6.04 Å². The molecule has 0 fully saturated rings. The van der Waals surface area contributed by atoms with Gasteiger partial charge in [0.2, 0.25) is 0 Å². The second-order valence-electron chi connectivity index (χ2n) is 6.25. The molecule has 2 N–H and O–H groups in total. The Morgan fingerprint density at radius 3 is 2.65 bits per heavy atom. The van der Waals surface area contributed by atoms with E-state index in [-0.39, 0.29) is 5.54 Å². The third kappa shape index (κ3) is 4.25. The fourth-order valence-electron chi connectivity index (χ4n) is 2.01. The minimum absolute atomic E-state index is 0.154. The molecule has 0 aliphatic heterocycles. The van der Waals surface area contributed by atoms with E-state index in [0.717, 1.165) is 24.1 Å². The molecule has 0 amide bonds. The van der Waals surface area contributed by atoms with E-state index in [1.165, 1.54) is 5.56 Å². The number of benzene rings is 1. The van der Waals surface area contributed by atoms with Crippen molar-refractivity contribution in [3.8, 4) is 0 Å². The van der Waals surface area contributed by atoms with Gasteiger partial charge < -0.3 is 10.6 Å². The number of fused-ring (bicyclic) bond motifs is 1. The first kappa shape index (κ1) is 14.9. The minimum Gasteiger partial charge on any atom is -0.311 e. The van der Waals surface area contributed by atoms with Crippen LogP contribution in [0.4, 0.5) is 0 Å². The highest BCUT2D eigenvalue weighted by atomic mass is 15.0. The Morgan fingerprint density at radius 1 is 1.15 bits per heavy atom. The number of nitrogens with one attached hydrogen (secondary N) is 2. The zero-order valence-electron chi connectivity index (χ0n) is 12.8. The quantitative estimate of drug-likeness (QED) is 0.878. The van der Waals surface area contributed by atoms with Gasteiger partial charge >= 0.3 is 0 Å². The van der Waals surface area contributed by atoms with E-state index in [4.69, 9.17) is 0 Å². The lowest BCUT2D eigenvalue weighted by atomic mass is 10.1. The normalized spacial score (nSPS) is 13.6. The van der Waals surface area contributed by atoms with Crippen LogP contribution < -0.4 is 10.6 Å². The molecular weight excluding hydrogens is 248 g/mol. The fourth-order valence-corrected chi connectivity index (χ4v) is 2.01. The number of rotatable bonds is 5. The second kappa shape index (κ2) is 6.29. The molecule has 0 saturated carbocycles. The Balaban J connectivity index is 1.96. The van der Waals surface area contributed by atoms with Gasteiger partial charge in [0.15, 0.2) is 0 Å². The van der Waals surface area contributed by atoms with Gasteiger partial charge in [-0.25, -0.2) is 0 Å². The Hall–Kier alpha value is -1.52. The summed E-state index contributed by atoms with van der Waals surface area (Å²) < 4.78 is 0. The topological polar surface area (TPSA) is 49.8 Å². The molecule has 0 aliphatic carbocycles. The van der Waals surface area contributed by atoms with Gasteiger partial charge in [0.1, 0.15) is 0 Å². The van der Waals surface area contributed by atoms with Crippen molar-refractivity contribution in [2.45, 2.75) is 45.8 Å². The Labute approximate surface area is 121 Å². The van der Waals surface area contributed by atoms with Crippen LogP contribution in [-0.2, 0) is 6.54 Å². The Kier molecular flexibility index (Phi) is 4.68. The number of hydrogen-bond acceptors (Lipinski definition) is 4. The summed E-state index contributed by atoms with van der Waals surface area (Å²) in [7, 11) is 0. The monoisotopic (exact) mass is 272 g/mol. The zero-order chi connectivity index (χ0) is 14.6. The first-order chi connectivity index (χ1) is 9.46. The Bertz CT molecular complexity index is 554. The minimum atomic E-state index is 0.154. The highest BCUT2D eigenvalue weighted by Gasteiger charge is 2.11. The van der Waals surface area contributed by atoms with Crippen LogP contribution in [0.1, 0.15) is 33.3 Å². The van der Waals surface area contributed by atoms with Crippen LogP contribution in [-0.4, -0.2) is 28.1 Å². The van der Waals surface area contributed by atoms with Gasteiger partial charge in [-0.3, -0.25) is 9.97 Å². The van der Waals surface area contributed by atoms with E-state index in [9.17, 15) is 0 Å². The summed E-state index contributed by atoms with van der Waals surface area (Å²) in [6.07, 6.45) is 3.48. The molecule has 4 nitrogen and oxygen atoms in total. The third-order valence-electron chi connectivity index (χ3n) is 3.16. The van der Waals surface area contributed by atoms with Crippen molar-refractivity contribution in [2.24, 2.45) is 0 Å². The average Bonchev–Trinajstić information content (AvgIpc) is 2.42. The molecule has 20 heavy (non-hydrogen) atoms. The third-order valence-corrected chi connectivity index (χ3v) is 3.16. The maximum absolute atomic E-state index is 4.43. The van der Waals surface area contributed by atoms with Gasteiger partial charge in [-0.1, -0.05) is 12.1 Å². The summed E-state index contributed by atoms with van der Waals surface area (Å²) in [5, 5.41) is 7.04. The van der Waals surface area contributed by atoms with E-state index < -0.39 is 0 Å². The number of nitrogens with zero attached hydrogens (tertiary/aromatic N) is 2. The van der Waals surface area contributed by atoms with Gasteiger partial charge in [-0.05, 0) is 39.3 Å². The fraction of sp³-hybridized carbons (Fsp3) is 0.500. The summed E-state index contributed by atoms with van der Waals surface area (Å²) >= 11 is 0. The SMILES string of the molecule is CC(CNC(C)(C)C)NCc1cccc2nccnc12. The molecule has 1 heterocycles. The molecule has 0 aliphatic rings. The van der Waals surface area contributed by atoms with Crippen LogP contribution in [0.2, 0.25) is 0 Å². The van der Waals surface area contributed by atoms with Crippen molar-refractivity contribution in [2.75, 3.05) is 6.54 Å². The largest absolute Gasteiger partial charge is 0.311 e. The highest BCUT2D eigenvalue weighted by molar-refractivity contribution is 5.77. The van der Waals surface area contributed by atoms with Crippen molar-refractivity contribution >= 4 is 11.0 Å². The lowest BCUT2D eigenvalue weighted by Crippen LogP contribution is -2.44. The van der Waals surface area contributed by atoms with Gasteiger partial charge in [-0.2, -0.15) is 0 Å². The lowest BCUT2D eigenvalue weighted by molar-refractivity contribution is 0.387. The van der Waals surface area contributed by atoms with E-state index >= 15 is 0 Å². The molecule has 1 aromatic heterocycles. The predicted molar refractivity (Wildman–Crippen MR) is 83.6 cm³/mol. The molecule has 2 aromatic rings. The van der Waals surface area contributed by atoms with E-state index in [1.807, 2.05) is 12.1 Å². The Morgan fingerprint density at radius 2 is 1.90 bits per heavy atom. The van der Waals surface area contributed by atoms with Crippen LogP contribution in [0.25, 0.3) is 11.0 Å². The van der Waals surface area contributed by atoms with Crippen LogP contribution >= 0.6 is 0 Å². The van der Waals surface area contributed by atoms with Crippen LogP contribution in [0.15, 0.2) is 30.6 Å². The molecular formula is C16H24N4. The smallest absolute Gasteiger partial charge is 0.0931 e. The zero-order valence-corrected chi connectivity index (χ0v) is 12.8. The summed E-state index contributed by atoms with van der Waals surface area (Å²) in [6, 6.07) is 6.54. The molecule has 0 radical (unpaired) electrons. The molecule has 1 unspecified atom stereocenters. The van der Waals surface area contributed by atoms with Crippen molar-refractivity contribution < 1.29 is 0 Å². The maximum Gasteiger partial charge on any atom is 0.0931 e. The maximum atomic E-state index is 4.43. The van der Waals surface area contributed by atoms with Crippen LogP contribution in [0, 0.1) is 0 Å². The standard InChI is InChI=1S/C16H24N4/c1-12(10-20-16(2,3)4)19-11-13-6-5-7-14-15(13)18-9-8-17-14/h5-9,12,19-20H,10-11H2,1-4H3. The van der Waals surface area contributed by atoms with Gasteiger partial charge in [0.05, 0.1) is 11.0 Å². The number of hydrogen-bond donors (Lipinski definition) is 2. The molecule has 0 saturated heterocycles. The van der Waals surface area contributed by atoms with Crippen molar-refractivity contribution in [1.82, 2.24) is 20.6 Å². The van der Waals surface area contributed by atoms with Crippen LogP contribution in [0.3, 0.4) is 0 Å². The average molecular weight is 272 g/mol. The van der Waals surface area contributed by atoms with E-state index in [1.54, 1.807) is 12.4 Å². The van der Waals surface area contributed by atoms with Gasteiger partial charge in [0, 0.05) is 37.1 Å². The first-order valence-electron chi connectivity index (χ1n) is 7.13. The molecule has 1 atom stereocenters. The van der Waals surface area contributed by atoms with Gasteiger partial charge in [-0.15, -0.1) is 0 Å². The predicted octanol–water partition coefficient (Wildman–Crippen LogP) is 2.50. The molecule has 0 bridgehead atoms. The number of aromatic nitrogens is 2. The van der Waals surface area contributed by atoms with Crippen molar-refractivity contribution in [1.29, 1.82) is 0 Å². The molecule has 2 rings (SSSR count). The number of para-hydroxylation sites is 1. The van der Waals surface area contributed by atoms with Crippen molar-refractivity contribution in [3.63, 3.8) is 0 Å². The van der Waals surface area contributed by atoms with E-state index in [2.05, 4.69) is 54.4 Å². The van der Waals surface area contributed by atoms with Gasteiger partial charge in [0.25, 0.3) is 0 Å². The molecule has 4 heteroatoms. The molecule has 0 spiro atoms. The summed E-state index contributed by atoms with van der Waals surface area (Å²) in [5.74, 6) is 0. The van der Waals surface area contributed by atoms with Crippen LogP contribution in [0.5, 0.6) is 0 Å². The molecule has 1 aromatic carbocycles. The highest BCUT2D eigenvalue weighted by Crippen LogP contribution is 2.13. The molecule has 108 valence electrons. The second-order valence-corrected chi connectivity index (χ2v) is 6.25. The summed E-state index contributed by atoms with van der Waals surface area (Å²) in [4.78, 5) is 8.76.